The molecule has 1 aliphatic rings. The quantitative estimate of drug-likeness (QED) is 0.644. The molecular formula is C17H14NO4+. The number of Topliss-reactive ketones (excluding diaryl/α,β-unsaturated/α-hetero) is 1. The second-order valence-electron chi connectivity index (χ2n) is 4.74. The van der Waals surface area contributed by atoms with Gasteiger partial charge in [0.05, 0.1) is 18.2 Å². The van der Waals surface area contributed by atoms with Crippen molar-refractivity contribution in [2.75, 3.05) is 14.2 Å². The van der Waals surface area contributed by atoms with Gasteiger partial charge in [-0.05, 0) is 30.3 Å². The van der Waals surface area contributed by atoms with Crippen LogP contribution in [0.4, 0.5) is 5.69 Å². The summed E-state index contributed by atoms with van der Waals surface area (Å²) >= 11 is 0. The summed E-state index contributed by atoms with van der Waals surface area (Å²) in [6.07, 6.45) is 0. The second kappa shape index (κ2) is 5.44. The lowest BCUT2D eigenvalue weighted by molar-refractivity contribution is -0.717. The first kappa shape index (κ1) is 14.0. The smallest absolute Gasteiger partial charge is 0.337 e. The highest BCUT2D eigenvalue weighted by molar-refractivity contribution is 6.52. The zero-order valence-electron chi connectivity index (χ0n) is 12.2. The van der Waals surface area contributed by atoms with Gasteiger partial charge >= 0.3 is 11.7 Å². The molecule has 2 aromatic rings. The average molecular weight is 296 g/mol. The van der Waals surface area contributed by atoms with Gasteiger partial charge in [-0.1, -0.05) is 12.1 Å². The number of carbonyl (C=O) groups excluding carboxylic acids is 2. The molecule has 0 unspecified atom stereocenters. The zero-order valence-corrected chi connectivity index (χ0v) is 12.2. The summed E-state index contributed by atoms with van der Waals surface area (Å²) in [5, 5.41) is 0. The Morgan fingerprint density at radius 2 is 1.68 bits per heavy atom. The maximum absolute atomic E-state index is 12.6. The second-order valence-corrected chi connectivity index (χ2v) is 4.74. The topological polar surface area (TPSA) is 55.6 Å². The number of ether oxygens (including phenoxy) is 1. The first-order valence-corrected chi connectivity index (χ1v) is 6.71. The highest BCUT2D eigenvalue weighted by atomic mass is 16.7. The molecule has 5 heteroatoms. The van der Waals surface area contributed by atoms with Crippen LogP contribution >= 0.6 is 0 Å². The lowest BCUT2D eigenvalue weighted by Crippen LogP contribution is -2.19. The Morgan fingerprint density at radius 3 is 2.32 bits per heavy atom. The highest BCUT2D eigenvalue weighted by Crippen LogP contribution is 2.28. The van der Waals surface area contributed by atoms with Gasteiger partial charge in [0.15, 0.2) is 0 Å². The first-order chi connectivity index (χ1) is 10.7. The average Bonchev–Trinajstić information content (AvgIpc) is 2.87. The molecule has 0 saturated carbocycles. The van der Waals surface area contributed by atoms with Crippen molar-refractivity contribution >= 4 is 23.2 Å². The standard InChI is InChI=1S/C17H14NO4/c1-21-17(20)12-9-7-11(8-10-12)15-16(19)13-5-3-4-6-14(13)18(15)22-2/h3-10H,1-2H3/q+1. The maximum atomic E-state index is 12.6. The van der Waals surface area contributed by atoms with E-state index < -0.39 is 5.97 Å². The lowest BCUT2D eigenvalue weighted by atomic mass is 10.0. The van der Waals surface area contributed by atoms with Crippen LogP contribution in [-0.2, 0) is 9.57 Å². The Kier molecular flexibility index (Phi) is 3.47. The van der Waals surface area contributed by atoms with Crippen molar-refractivity contribution in [2.45, 2.75) is 0 Å². The molecule has 0 saturated heterocycles. The van der Waals surface area contributed by atoms with Crippen molar-refractivity contribution in [1.82, 2.24) is 0 Å². The summed E-state index contributed by atoms with van der Waals surface area (Å²) < 4.78 is 6.17. The van der Waals surface area contributed by atoms with Crippen molar-refractivity contribution in [3.05, 3.63) is 65.2 Å². The number of hydrogen-bond donors (Lipinski definition) is 0. The third-order valence-electron chi connectivity index (χ3n) is 3.55. The van der Waals surface area contributed by atoms with E-state index in [1.165, 1.54) is 19.0 Å². The van der Waals surface area contributed by atoms with E-state index in [1.54, 1.807) is 30.3 Å². The van der Waals surface area contributed by atoms with Crippen molar-refractivity contribution < 1.29 is 23.9 Å². The summed E-state index contributed by atoms with van der Waals surface area (Å²) in [6, 6.07) is 13.9. The van der Waals surface area contributed by atoms with Crippen LogP contribution in [0.25, 0.3) is 0 Å². The minimum Gasteiger partial charge on any atom is -0.465 e. The Morgan fingerprint density at radius 1 is 1.00 bits per heavy atom. The summed E-state index contributed by atoms with van der Waals surface area (Å²) in [5.74, 6) is -0.524. The molecule has 0 aromatic heterocycles. The van der Waals surface area contributed by atoms with Crippen molar-refractivity contribution in [2.24, 2.45) is 0 Å². The minimum atomic E-state index is -0.416. The number of para-hydroxylation sites is 1. The van der Waals surface area contributed by atoms with E-state index in [2.05, 4.69) is 4.74 Å². The van der Waals surface area contributed by atoms with E-state index in [4.69, 9.17) is 4.84 Å². The minimum absolute atomic E-state index is 0.108. The van der Waals surface area contributed by atoms with Crippen LogP contribution < -0.4 is 0 Å². The Balaban J connectivity index is 2.08. The summed E-state index contributed by atoms with van der Waals surface area (Å²) in [4.78, 5) is 29.4. The molecule has 3 rings (SSSR count). The van der Waals surface area contributed by atoms with E-state index in [1.807, 2.05) is 18.2 Å². The van der Waals surface area contributed by atoms with Crippen LogP contribution in [0.2, 0.25) is 0 Å². The normalized spacial score (nSPS) is 13.1. The molecular weight excluding hydrogens is 282 g/mol. The molecule has 0 bridgehead atoms. The molecule has 0 N–H and O–H groups in total. The Bertz CT molecular complexity index is 791. The zero-order chi connectivity index (χ0) is 15.7. The van der Waals surface area contributed by atoms with Crippen LogP contribution in [0.3, 0.4) is 0 Å². The van der Waals surface area contributed by atoms with Crippen molar-refractivity contribution in [1.29, 1.82) is 0 Å². The molecule has 0 atom stereocenters. The Labute approximate surface area is 127 Å². The molecule has 0 radical (unpaired) electrons. The number of fused-ring (bicyclic) bond motifs is 1. The van der Waals surface area contributed by atoms with Crippen LogP contribution in [0, 0.1) is 0 Å². The van der Waals surface area contributed by atoms with Gasteiger partial charge in [-0.3, -0.25) is 9.63 Å². The molecule has 1 heterocycles. The lowest BCUT2D eigenvalue weighted by Gasteiger charge is -2.01. The number of benzene rings is 2. The van der Waals surface area contributed by atoms with Crippen molar-refractivity contribution in [3.8, 4) is 0 Å². The Hall–Kier alpha value is -2.95. The fourth-order valence-electron chi connectivity index (χ4n) is 2.50. The van der Waals surface area contributed by atoms with Gasteiger partial charge in [-0.15, -0.1) is 0 Å². The van der Waals surface area contributed by atoms with Crippen LogP contribution in [-0.4, -0.2) is 36.4 Å². The number of rotatable bonds is 3. The summed E-state index contributed by atoms with van der Waals surface area (Å²) in [7, 11) is 2.84. The molecule has 0 spiro atoms. The highest BCUT2D eigenvalue weighted by Gasteiger charge is 2.41. The third kappa shape index (κ3) is 2.07. The number of ketones is 1. The van der Waals surface area contributed by atoms with Crippen LogP contribution in [0.15, 0.2) is 48.5 Å². The van der Waals surface area contributed by atoms with Gasteiger partial charge in [-0.25, -0.2) is 4.79 Å². The molecule has 0 fully saturated rings. The number of methoxy groups -OCH3 is 1. The van der Waals surface area contributed by atoms with E-state index in [9.17, 15) is 9.59 Å². The van der Waals surface area contributed by atoms with Crippen molar-refractivity contribution in [3.63, 3.8) is 0 Å². The molecule has 2 aromatic carbocycles. The van der Waals surface area contributed by atoms with E-state index in [-0.39, 0.29) is 5.78 Å². The SMILES string of the molecule is COC(=O)c1ccc(C2=[N+](OC)c3ccccc3C2=O)cc1. The van der Waals surface area contributed by atoms with Gasteiger partial charge in [0.1, 0.15) is 12.7 Å². The fourth-order valence-corrected chi connectivity index (χ4v) is 2.50. The number of hydrogen-bond acceptors (Lipinski definition) is 4. The third-order valence-corrected chi connectivity index (χ3v) is 3.55. The predicted molar refractivity (Wildman–Crippen MR) is 79.6 cm³/mol. The van der Waals surface area contributed by atoms with Crippen LogP contribution in [0.5, 0.6) is 0 Å². The van der Waals surface area contributed by atoms with E-state index >= 15 is 0 Å². The maximum Gasteiger partial charge on any atom is 0.337 e. The first-order valence-electron chi connectivity index (χ1n) is 6.71. The van der Waals surface area contributed by atoms with Gasteiger partial charge < -0.3 is 4.74 Å². The molecule has 5 nitrogen and oxygen atoms in total. The number of carbonyl (C=O) groups is 2. The largest absolute Gasteiger partial charge is 0.465 e. The number of esters is 1. The van der Waals surface area contributed by atoms with E-state index in [0.717, 1.165) is 0 Å². The molecule has 110 valence electrons. The molecule has 0 aliphatic carbocycles. The van der Waals surface area contributed by atoms with Gasteiger partial charge in [0.2, 0.25) is 0 Å². The molecule has 22 heavy (non-hydrogen) atoms. The van der Waals surface area contributed by atoms with Gasteiger partial charge in [0, 0.05) is 10.8 Å². The monoisotopic (exact) mass is 296 g/mol. The molecule has 1 aliphatic heterocycles. The van der Waals surface area contributed by atoms with Crippen LogP contribution in [0.1, 0.15) is 26.3 Å². The summed E-state index contributed by atoms with van der Waals surface area (Å²) in [6.45, 7) is 0. The summed E-state index contributed by atoms with van der Waals surface area (Å²) in [5.41, 5.74) is 2.84. The predicted octanol–water partition coefficient (Wildman–Crippen LogP) is 2.36. The van der Waals surface area contributed by atoms with Gasteiger partial charge in [0.25, 0.3) is 11.5 Å². The van der Waals surface area contributed by atoms with Gasteiger partial charge in [-0.2, -0.15) is 0 Å². The molecule has 0 amide bonds. The number of nitrogens with zero attached hydrogens (tertiary/aromatic N) is 1. The fraction of sp³-hybridized carbons (Fsp3) is 0.118. The van der Waals surface area contributed by atoms with E-state index in [0.29, 0.717) is 28.1 Å².